The summed E-state index contributed by atoms with van der Waals surface area (Å²) in [6.07, 6.45) is 2.48. The van der Waals surface area contributed by atoms with Crippen molar-refractivity contribution in [2.24, 2.45) is 17.6 Å². The minimum atomic E-state index is -0.420. The summed E-state index contributed by atoms with van der Waals surface area (Å²) >= 11 is 0. The molecule has 4 N–H and O–H groups in total. The predicted octanol–water partition coefficient (Wildman–Crippen LogP) is 0.247. The zero-order valence-corrected chi connectivity index (χ0v) is 9.57. The Morgan fingerprint density at radius 2 is 2.20 bits per heavy atom. The zero-order chi connectivity index (χ0) is 11.4. The van der Waals surface area contributed by atoms with E-state index in [1.807, 2.05) is 13.8 Å². The summed E-state index contributed by atoms with van der Waals surface area (Å²) in [6.45, 7) is 4.52. The number of carbonyl (C=O) groups excluding carboxylic acids is 1. The predicted molar refractivity (Wildman–Crippen MR) is 59.2 cm³/mol. The summed E-state index contributed by atoms with van der Waals surface area (Å²) in [5.74, 6) is 0.508. The molecular weight excluding hydrogens is 192 g/mol. The Labute approximate surface area is 91.2 Å². The van der Waals surface area contributed by atoms with Crippen LogP contribution in [-0.2, 0) is 4.79 Å². The average molecular weight is 214 g/mol. The molecule has 1 fully saturated rings. The van der Waals surface area contributed by atoms with Gasteiger partial charge in [0.25, 0.3) is 0 Å². The van der Waals surface area contributed by atoms with E-state index >= 15 is 0 Å². The van der Waals surface area contributed by atoms with E-state index in [4.69, 9.17) is 5.73 Å². The number of nitrogens with one attached hydrogen (secondary N) is 1. The first kappa shape index (κ1) is 12.5. The van der Waals surface area contributed by atoms with Crippen LogP contribution in [0, 0.1) is 11.8 Å². The van der Waals surface area contributed by atoms with Crippen molar-refractivity contribution >= 4 is 5.91 Å². The maximum atomic E-state index is 11.5. The van der Waals surface area contributed by atoms with E-state index in [9.17, 15) is 9.90 Å². The van der Waals surface area contributed by atoms with Crippen molar-refractivity contribution in [2.75, 3.05) is 6.54 Å². The molecule has 0 bridgehead atoms. The van der Waals surface area contributed by atoms with Crippen LogP contribution in [0.4, 0.5) is 0 Å². The molecule has 1 amide bonds. The molecule has 2 unspecified atom stereocenters. The van der Waals surface area contributed by atoms with Crippen molar-refractivity contribution in [3.8, 4) is 0 Å². The summed E-state index contributed by atoms with van der Waals surface area (Å²) in [4.78, 5) is 11.5. The van der Waals surface area contributed by atoms with Gasteiger partial charge in [0.15, 0.2) is 0 Å². The smallest absolute Gasteiger partial charge is 0.237 e. The molecule has 0 saturated heterocycles. The van der Waals surface area contributed by atoms with Crippen LogP contribution in [0.25, 0.3) is 0 Å². The van der Waals surface area contributed by atoms with E-state index in [0.717, 1.165) is 19.3 Å². The van der Waals surface area contributed by atoms with Gasteiger partial charge >= 0.3 is 0 Å². The lowest BCUT2D eigenvalue weighted by molar-refractivity contribution is -0.123. The molecule has 0 aromatic carbocycles. The minimum Gasteiger partial charge on any atom is -0.393 e. The molecule has 0 radical (unpaired) electrons. The van der Waals surface area contributed by atoms with E-state index in [1.165, 1.54) is 0 Å². The van der Waals surface area contributed by atoms with Gasteiger partial charge in [-0.05, 0) is 31.1 Å². The average Bonchev–Trinajstić information content (AvgIpc) is 2.59. The number of hydrogen-bond donors (Lipinski definition) is 3. The van der Waals surface area contributed by atoms with E-state index in [1.54, 1.807) is 0 Å². The topological polar surface area (TPSA) is 75.4 Å². The number of rotatable bonds is 4. The normalized spacial score (nSPS) is 28.1. The molecule has 0 heterocycles. The highest BCUT2D eigenvalue weighted by atomic mass is 16.3. The van der Waals surface area contributed by atoms with Gasteiger partial charge in [-0.2, -0.15) is 0 Å². The van der Waals surface area contributed by atoms with Crippen LogP contribution < -0.4 is 11.1 Å². The Bertz CT molecular complexity index is 219. The Balaban J connectivity index is 2.22. The third kappa shape index (κ3) is 3.80. The largest absolute Gasteiger partial charge is 0.393 e. The number of hydrogen-bond acceptors (Lipinski definition) is 3. The highest BCUT2D eigenvalue weighted by Crippen LogP contribution is 2.24. The Morgan fingerprint density at radius 3 is 2.67 bits per heavy atom. The van der Waals surface area contributed by atoms with Crippen molar-refractivity contribution in [2.45, 2.75) is 45.3 Å². The van der Waals surface area contributed by atoms with Gasteiger partial charge < -0.3 is 16.2 Å². The third-order valence-electron chi connectivity index (χ3n) is 3.10. The molecule has 0 aromatic heterocycles. The van der Waals surface area contributed by atoms with Crippen LogP contribution in [0.15, 0.2) is 0 Å². The van der Waals surface area contributed by atoms with Crippen molar-refractivity contribution in [3.63, 3.8) is 0 Å². The van der Waals surface area contributed by atoms with Crippen LogP contribution in [0.2, 0.25) is 0 Å². The first-order chi connectivity index (χ1) is 7.00. The first-order valence-electron chi connectivity index (χ1n) is 5.72. The van der Waals surface area contributed by atoms with E-state index in [0.29, 0.717) is 12.5 Å². The molecule has 1 aliphatic rings. The van der Waals surface area contributed by atoms with Gasteiger partial charge in [-0.15, -0.1) is 0 Å². The molecule has 1 rings (SSSR count). The van der Waals surface area contributed by atoms with Crippen LogP contribution in [-0.4, -0.2) is 29.7 Å². The fraction of sp³-hybridized carbons (Fsp3) is 0.909. The van der Waals surface area contributed by atoms with Gasteiger partial charge in [-0.1, -0.05) is 13.8 Å². The molecule has 1 aliphatic carbocycles. The summed E-state index contributed by atoms with van der Waals surface area (Å²) in [5, 5.41) is 12.2. The lowest BCUT2D eigenvalue weighted by Crippen LogP contribution is -2.45. The van der Waals surface area contributed by atoms with Gasteiger partial charge in [-0.25, -0.2) is 0 Å². The molecular formula is C11H22N2O2. The van der Waals surface area contributed by atoms with Gasteiger partial charge in [0, 0.05) is 6.54 Å². The number of carbonyl (C=O) groups is 1. The highest BCUT2D eigenvalue weighted by Gasteiger charge is 2.24. The lowest BCUT2D eigenvalue weighted by Gasteiger charge is -2.17. The third-order valence-corrected chi connectivity index (χ3v) is 3.10. The molecule has 4 heteroatoms. The summed E-state index contributed by atoms with van der Waals surface area (Å²) in [6, 6.07) is -0.420. The Hall–Kier alpha value is -0.610. The van der Waals surface area contributed by atoms with Gasteiger partial charge in [-0.3, -0.25) is 4.79 Å². The van der Waals surface area contributed by atoms with Gasteiger partial charge in [0.1, 0.15) is 0 Å². The summed E-state index contributed by atoms with van der Waals surface area (Å²) < 4.78 is 0. The van der Waals surface area contributed by atoms with Crippen LogP contribution >= 0.6 is 0 Å². The maximum absolute atomic E-state index is 11.5. The summed E-state index contributed by atoms with van der Waals surface area (Å²) in [7, 11) is 0. The minimum absolute atomic E-state index is 0.0774. The van der Waals surface area contributed by atoms with Crippen molar-refractivity contribution in [1.29, 1.82) is 0 Å². The van der Waals surface area contributed by atoms with Gasteiger partial charge in [0.05, 0.1) is 12.1 Å². The molecule has 0 aliphatic heterocycles. The molecule has 0 spiro atoms. The SMILES string of the molecule is CC(C)[C@H](N)C(=O)NCC1CCC(O)C1. The number of aliphatic hydroxyl groups is 1. The van der Waals surface area contributed by atoms with Gasteiger partial charge in [0.2, 0.25) is 5.91 Å². The monoisotopic (exact) mass is 214 g/mol. The number of aliphatic hydroxyl groups excluding tert-OH is 1. The van der Waals surface area contributed by atoms with Crippen molar-refractivity contribution in [3.05, 3.63) is 0 Å². The molecule has 15 heavy (non-hydrogen) atoms. The zero-order valence-electron chi connectivity index (χ0n) is 9.57. The first-order valence-corrected chi connectivity index (χ1v) is 5.72. The maximum Gasteiger partial charge on any atom is 0.237 e. The molecule has 4 nitrogen and oxygen atoms in total. The molecule has 88 valence electrons. The van der Waals surface area contributed by atoms with Crippen molar-refractivity contribution < 1.29 is 9.90 Å². The second kappa shape index (κ2) is 5.47. The number of amides is 1. The highest BCUT2D eigenvalue weighted by molar-refractivity contribution is 5.81. The van der Waals surface area contributed by atoms with Crippen LogP contribution in [0.1, 0.15) is 33.1 Å². The summed E-state index contributed by atoms with van der Waals surface area (Å²) in [5.41, 5.74) is 5.71. The fourth-order valence-electron chi connectivity index (χ4n) is 1.90. The van der Waals surface area contributed by atoms with Crippen LogP contribution in [0.5, 0.6) is 0 Å². The van der Waals surface area contributed by atoms with Crippen molar-refractivity contribution in [1.82, 2.24) is 5.32 Å². The standard InChI is InChI=1S/C11H22N2O2/c1-7(2)10(12)11(15)13-6-8-3-4-9(14)5-8/h7-10,14H,3-6,12H2,1-2H3,(H,13,15)/t8?,9?,10-/m0/s1. The Morgan fingerprint density at radius 1 is 1.53 bits per heavy atom. The lowest BCUT2D eigenvalue weighted by atomic mass is 10.0. The van der Waals surface area contributed by atoms with E-state index in [2.05, 4.69) is 5.32 Å². The quantitative estimate of drug-likeness (QED) is 0.628. The Kier molecular flexibility index (Phi) is 4.54. The molecule has 0 aromatic rings. The van der Waals surface area contributed by atoms with Crippen LogP contribution in [0.3, 0.4) is 0 Å². The number of nitrogens with two attached hydrogens (primary N) is 1. The molecule has 1 saturated carbocycles. The molecule has 3 atom stereocenters. The van der Waals surface area contributed by atoms with E-state index in [-0.39, 0.29) is 17.9 Å². The second-order valence-corrected chi connectivity index (χ2v) is 4.85. The fourth-order valence-corrected chi connectivity index (χ4v) is 1.90. The van der Waals surface area contributed by atoms with E-state index < -0.39 is 6.04 Å². The second-order valence-electron chi connectivity index (χ2n) is 4.85.